The lowest BCUT2D eigenvalue weighted by Gasteiger charge is -2.23. The van der Waals surface area contributed by atoms with Crippen LogP contribution >= 0.6 is 23.4 Å². The third kappa shape index (κ3) is 6.01. The Labute approximate surface area is 218 Å². The molecule has 2 aromatic heterocycles. The fourth-order valence-electron chi connectivity index (χ4n) is 3.82. The van der Waals surface area contributed by atoms with Crippen LogP contribution in [0.3, 0.4) is 0 Å². The third-order valence-corrected chi connectivity index (χ3v) is 6.89. The van der Waals surface area contributed by atoms with E-state index in [1.165, 1.54) is 18.7 Å². The van der Waals surface area contributed by atoms with Crippen LogP contribution in [0, 0.1) is 13.8 Å². The van der Waals surface area contributed by atoms with Gasteiger partial charge in [0.25, 0.3) is 5.56 Å². The number of carbonyl (C=O) groups excluding carboxylic acids is 1. The number of halogens is 1. The summed E-state index contributed by atoms with van der Waals surface area (Å²) in [6.07, 6.45) is 2.74. The number of aromatic nitrogens is 4. The molecule has 0 spiro atoms. The fourth-order valence-corrected chi connectivity index (χ4v) is 5.41. The molecule has 0 radical (unpaired) electrons. The zero-order valence-corrected chi connectivity index (χ0v) is 22.3. The van der Waals surface area contributed by atoms with Gasteiger partial charge in [-0.05, 0) is 79.4 Å². The van der Waals surface area contributed by atoms with Gasteiger partial charge in [0.15, 0.2) is 5.78 Å². The maximum absolute atomic E-state index is 12.3. The van der Waals surface area contributed by atoms with E-state index >= 15 is 0 Å². The van der Waals surface area contributed by atoms with Crippen LogP contribution in [0.4, 0.5) is 0 Å². The predicted molar refractivity (Wildman–Crippen MR) is 145 cm³/mol. The van der Waals surface area contributed by atoms with Crippen LogP contribution in [0.1, 0.15) is 58.6 Å². The Kier molecular flexibility index (Phi) is 9.01. The van der Waals surface area contributed by atoms with Crippen LogP contribution in [0.15, 0.2) is 75.5 Å². The number of carbonyl (C=O) groups is 1. The monoisotopic (exact) mass is 522 g/mol. The van der Waals surface area contributed by atoms with Crippen molar-refractivity contribution in [2.24, 2.45) is 0 Å². The predicted octanol–water partition coefficient (Wildman–Crippen LogP) is 5.70. The Hall–Kier alpha value is -3.49. The summed E-state index contributed by atoms with van der Waals surface area (Å²) < 4.78 is 1.15. The van der Waals surface area contributed by atoms with E-state index in [0.29, 0.717) is 21.3 Å². The second kappa shape index (κ2) is 12.0. The van der Waals surface area contributed by atoms with Gasteiger partial charge in [-0.3, -0.25) is 14.6 Å². The molecule has 0 fully saturated rings. The number of nitrogens with one attached hydrogen (secondary N) is 1. The minimum Gasteiger partial charge on any atom is -0.294 e. The van der Waals surface area contributed by atoms with E-state index in [2.05, 4.69) is 15.1 Å². The van der Waals surface area contributed by atoms with Gasteiger partial charge in [-0.1, -0.05) is 49.3 Å². The van der Waals surface area contributed by atoms with Crippen molar-refractivity contribution < 1.29 is 4.79 Å². The topological polar surface area (TPSA) is 97.7 Å². The van der Waals surface area contributed by atoms with Crippen molar-refractivity contribution >= 4 is 29.1 Å². The highest BCUT2D eigenvalue weighted by Crippen LogP contribution is 2.44. The smallest absolute Gasteiger partial charge is 0.294 e. The second-order valence-electron chi connectivity index (χ2n) is 7.81. The van der Waals surface area contributed by atoms with Gasteiger partial charge in [0.1, 0.15) is 11.2 Å². The largest absolute Gasteiger partial charge is 0.349 e. The summed E-state index contributed by atoms with van der Waals surface area (Å²) in [5.41, 5.74) is 3.79. The number of rotatable bonds is 6. The van der Waals surface area contributed by atoms with Crippen molar-refractivity contribution in [1.82, 2.24) is 19.7 Å². The first kappa shape index (κ1) is 27.1. The van der Waals surface area contributed by atoms with E-state index in [0.717, 1.165) is 33.1 Å². The minimum atomic E-state index is -0.609. The van der Waals surface area contributed by atoms with Crippen LogP contribution in [0.5, 0.6) is 0 Å². The molecule has 4 rings (SSSR count). The van der Waals surface area contributed by atoms with Gasteiger partial charge >= 0.3 is 5.69 Å². The molecule has 0 saturated carbocycles. The molecule has 1 atom stereocenters. The summed E-state index contributed by atoms with van der Waals surface area (Å²) in [5, 5.41) is 5.03. The molecule has 186 valence electrons. The van der Waals surface area contributed by atoms with E-state index in [1.54, 1.807) is 18.3 Å². The van der Waals surface area contributed by atoms with Crippen LogP contribution in [0.25, 0.3) is 5.69 Å². The Morgan fingerprint density at radius 1 is 1.06 bits per heavy atom. The number of ketones is 1. The molecule has 0 aliphatic carbocycles. The molecular weight excluding hydrogens is 496 g/mol. The van der Waals surface area contributed by atoms with Crippen molar-refractivity contribution in [1.29, 1.82) is 0 Å². The Balaban J connectivity index is 0.00000176. The van der Waals surface area contributed by atoms with Gasteiger partial charge in [-0.2, -0.15) is 9.78 Å². The maximum atomic E-state index is 12.3. The molecule has 9 heteroatoms. The van der Waals surface area contributed by atoms with E-state index in [9.17, 15) is 14.4 Å². The number of thioether (sulfide) groups is 1. The van der Waals surface area contributed by atoms with Gasteiger partial charge in [-0.15, -0.1) is 0 Å². The number of aryl methyl sites for hydroxylation is 2. The normalized spacial score (nSPS) is 11.4. The number of benzene rings is 2. The molecule has 1 unspecified atom stereocenters. The molecule has 1 N–H and O–H groups in total. The lowest BCUT2D eigenvalue weighted by Crippen LogP contribution is -2.30. The van der Waals surface area contributed by atoms with Gasteiger partial charge in [0, 0.05) is 16.8 Å². The van der Waals surface area contributed by atoms with Crippen molar-refractivity contribution in [2.75, 3.05) is 0 Å². The maximum Gasteiger partial charge on any atom is 0.349 e. The fraction of sp³-hybridized carbons (Fsp3) is 0.222. The van der Waals surface area contributed by atoms with E-state index < -0.39 is 11.2 Å². The molecule has 4 aromatic rings. The lowest BCUT2D eigenvalue weighted by molar-refractivity contribution is 0.101. The van der Waals surface area contributed by atoms with Gasteiger partial charge in [0.2, 0.25) is 0 Å². The molecular formula is C27H27ClN4O3S. The summed E-state index contributed by atoms with van der Waals surface area (Å²) in [5.74, 6) is -0.0576. The summed E-state index contributed by atoms with van der Waals surface area (Å²) in [7, 11) is 0. The highest BCUT2D eigenvalue weighted by molar-refractivity contribution is 7.99. The molecule has 0 amide bonds. The number of Topliss-reactive ketones (excluding diaryl/α,β-unsaturated/α-hetero) is 1. The first-order chi connectivity index (χ1) is 17.2. The van der Waals surface area contributed by atoms with Gasteiger partial charge < -0.3 is 0 Å². The first-order valence-corrected chi connectivity index (χ1v) is 12.7. The summed E-state index contributed by atoms with van der Waals surface area (Å²) >= 11 is 7.62. The second-order valence-corrected chi connectivity index (χ2v) is 9.34. The van der Waals surface area contributed by atoms with Crippen molar-refractivity contribution in [3.8, 4) is 5.69 Å². The minimum absolute atomic E-state index is 0.0576. The van der Waals surface area contributed by atoms with E-state index in [1.807, 2.05) is 64.1 Å². The Bertz CT molecular complexity index is 1470. The quantitative estimate of drug-likeness (QED) is 0.258. The first-order valence-electron chi connectivity index (χ1n) is 11.4. The highest BCUT2D eigenvalue weighted by Gasteiger charge is 2.24. The van der Waals surface area contributed by atoms with Crippen LogP contribution in [-0.4, -0.2) is 25.5 Å². The molecule has 2 heterocycles. The summed E-state index contributed by atoms with van der Waals surface area (Å²) in [6, 6.07) is 14.8. The number of hydrogen-bond acceptors (Lipinski definition) is 6. The number of H-pyrrole nitrogens is 1. The van der Waals surface area contributed by atoms with E-state index in [4.69, 9.17) is 11.6 Å². The lowest BCUT2D eigenvalue weighted by atomic mass is 9.95. The van der Waals surface area contributed by atoms with Crippen molar-refractivity contribution in [3.63, 3.8) is 0 Å². The van der Waals surface area contributed by atoms with Gasteiger partial charge in [-0.25, -0.2) is 9.78 Å². The number of hydrogen-bond donors (Lipinski definition) is 1. The third-order valence-electron chi connectivity index (χ3n) is 5.35. The molecule has 2 aromatic carbocycles. The zero-order valence-electron chi connectivity index (χ0n) is 20.7. The zero-order chi connectivity index (χ0) is 26.4. The van der Waals surface area contributed by atoms with Crippen LogP contribution in [-0.2, 0) is 0 Å². The average molecular weight is 523 g/mol. The number of pyridine rings is 1. The van der Waals surface area contributed by atoms with Crippen LogP contribution in [0.2, 0.25) is 5.02 Å². The van der Waals surface area contributed by atoms with Crippen molar-refractivity contribution in [3.05, 3.63) is 115 Å². The molecule has 36 heavy (non-hydrogen) atoms. The van der Waals surface area contributed by atoms with Crippen molar-refractivity contribution in [2.45, 2.75) is 44.9 Å². The molecule has 7 nitrogen and oxygen atoms in total. The Morgan fingerprint density at radius 2 is 1.69 bits per heavy atom. The van der Waals surface area contributed by atoms with E-state index in [-0.39, 0.29) is 11.0 Å². The Morgan fingerprint density at radius 3 is 2.28 bits per heavy atom. The SMILES string of the molecule is CC.CC(=O)c1cccnc1SC(c1ccc(Cl)cc1)c1c(C)cc(-n2ncc(=O)[nH]c2=O)cc1C. The molecule has 0 bridgehead atoms. The standard InChI is InChI=1S/C25H21ClN4O3S.C2H6/c1-14-11-19(30-25(33)29-21(32)13-28-30)12-15(2)22(14)23(17-6-8-18(26)9-7-17)34-24-20(16(3)31)5-4-10-27-24;1-2/h4-13,23H,1-3H3,(H,29,32,33);1-2H3. The summed E-state index contributed by atoms with van der Waals surface area (Å²) in [6.45, 7) is 9.44. The number of nitrogens with zero attached hydrogens (tertiary/aromatic N) is 3. The average Bonchev–Trinajstić information content (AvgIpc) is 2.85. The number of aromatic amines is 1. The molecule has 0 saturated heterocycles. The summed E-state index contributed by atoms with van der Waals surface area (Å²) in [4.78, 5) is 42.6. The molecule has 0 aliphatic rings. The molecule has 0 aliphatic heterocycles. The van der Waals surface area contributed by atoms with Crippen LogP contribution < -0.4 is 11.2 Å². The highest BCUT2D eigenvalue weighted by atomic mass is 35.5. The van der Waals surface area contributed by atoms with Gasteiger partial charge in [0.05, 0.1) is 10.9 Å².